The maximum absolute atomic E-state index is 14.1. The molecule has 2 aromatic rings. The van der Waals surface area contributed by atoms with E-state index < -0.39 is 0 Å². The van der Waals surface area contributed by atoms with E-state index in [2.05, 4.69) is 46.1 Å². The van der Waals surface area contributed by atoms with Crippen molar-refractivity contribution in [1.29, 1.82) is 0 Å². The Bertz CT molecular complexity index is 658. The van der Waals surface area contributed by atoms with Crippen LogP contribution in [0.15, 0.2) is 41.0 Å². The largest absolute Gasteiger partial charge is 0.301 e. The van der Waals surface area contributed by atoms with Crippen molar-refractivity contribution in [2.75, 3.05) is 0 Å². The van der Waals surface area contributed by atoms with Gasteiger partial charge in [0.1, 0.15) is 5.82 Å². The van der Waals surface area contributed by atoms with Gasteiger partial charge in [0.05, 0.1) is 11.7 Å². The van der Waals surface area contributed by atoms with Crippen molar-refractivity contribution >= 4 is 15.9 Å². The number of nitrogens with zero attached hydrogens (tertiary/aromatic N) is 1. The second-order valence-corrected chi connectivity index (χ2v) is 7.11. The fourth-order valence-electron chi connectivity index (χ4n) is 3.21. The third-order valence-corrected chi connectivity index (χ3v) is 4.76. The van der Waals surface area contributed by atoms with Crippen LogP contribution < -0.4 is 5.32 Å². The minimum absolute atomic E-state index is 0.104. The number of aromatic nitrogens is 1. The van der Waals surface area contributed by atoms with Gasteiger partial charge in [-0.25, -0.2) is 4.39 Å². The first-order valence-electron chi connectivity index (χ1n) is 7.71. The van der Waals surface area contributed by atoms with E-state index in [0.717, 1.165) is 34.1 Å². The van der Waals surface area contributed by atoms with E-state index in [0.29, 0.717) is 5.92 Å². The minimum Gasteiger partial charge on any atom is -0.301 e. The van der Waals surface area contributed by atoms with Crippen molar-refractivity contribution in [3.8, 4) is 0 Å². The molecule has 2 atom stereocenters. The molecule has 0 amide bonds. The molecule has 0 spiro atoms. The van der Waals surface area contributed by atoms with Gasteiger partial charge < -0.3 is 5.32 Å². The summed E-state index contributed by atoms with van der Waals surface area (Å²) >= 11 is 3.40. The average molecular weight is 363 g/mol. The predicted octanol–water partition coefficient (Wildman–Crippen LogP) is 4.96. The summed E-state index contributed by atoms with van der Waals surface area (Å²) < 4.78 is 14.9. The Kier molecular flexibility index (Phi) is 4.59. The Morgan fingerprint density at radius 1 is 1.32 bits per heavy atom. The monoisotopic (exact) mass is 362 g/mol. The number of halogens is 2. The van der Waals surface area contributed by atoms with Crippen LogP contribution in [0.1, 0.15) is 49.2 Å². The molecular weight excluding hydrogens is 343 g/mol. The summed E-state index contributed by atoms with van der Waals surface area (Å²) in [5.41, 5.74) is 2.97. The van der Waals surface area contributed by atoms with Gasteiger partial charge in [-0.15, -0.1) is 0 Å². The van der Waals surface area contributed by atoms with E-state index in [1.165, 1.54) is 0 Å². The zero-order valence-electron chi connectivity index (χ0n) is 12.8. The normalized spacial score (nSPS) is 18.5. The average Bonchev–Trinajstić information content (AvgIpc) is 2.88. The van der Waals surface area contributed by atoms with Crippen LogP contribution in [-0.2, 0) is 6.42 Å². The van der Waals surface area contributed by atoms with Crippen molar-refractivity contribution in [1.82, 2.24) is 10.3 Å². The Labute approximate surface area is 139 Å². The highest BCUT2D eigenvalue weighted by Gasteiger charge is 2.29. The van der Waals surface area contributed by atoms with Crippen LogP contribution in [0.25, 0.3) is 0 Å². The zero-order chi connectivity index (χ0) is 15.7. The summed E-state index contributed by atoms with van der Waals surface area (Å²) in [6.07, 6.45) is 3.54. The lowest BCUT2D eigenvalue weighted by molar-refractivity contribution is 0.355. The molecular formula is C18H20BrFN2. The van der Waals surface area contributed by atoms with Gasteiger partial charge in [0.25, 0.3) is 0 Å². The summed E-state index contributed by atoms with van der Waals surface area (Å²) in [6.45, 7) is 4.37. The molecule has 0 fully saturated rings. The number of rotatable bonds is 4. The van der Waals surface area contributed by atoms with Gasteiger partial charge in [-0.3, -0.25) is 4.98 Å². The van der Waals surface area contributed by atoms with E-state index in [9.17, 15) is 4.39 Å². The summed E-state index contributed by atoms with van der Waals surface area (Å²) in [5, 5.41) is 3.69. The quantitative estimate of drug-likeness (QED) is 0.831. The molecule has 0 saturated heterocycles. The Balaban J connectivity index is 1.88. The number of hydrogen-bond donors (Lipinski definition) is 1. The molecule has 1 aromatic heterocycles. The first-order valence-corrected chi connectivity index (χ1v) is 8.50. The summed E-state index contributed by atoms with van der Waals surface area (Å²) in [5.74, 6) is 0.309. The maximum atomic E-state index is 14.1. The topological polar surface area (TPSA) is 24.9 Å². The van der Waals surface area contributed by atoms with Gasteiger partial charge >= 0.3 is 0 Å². The molecule has 2 unspecified atom stereocenters. The van der Waals surface area contributed by atoms with Crippen molar-refractivity contribution < 1.29 is 4.39 Å². The second kappa shape index (κ2) is 6.47. The number of pyridine rings is 1. The number of benzene rings is 1. The molecule has 0 bridgehead atoms. The zero-order valence-corrected chi connectivity index (χ0v) is 14.4. The molecule has 1 aliphatic rings. The maximum Gasteiger partial charge on any atom is 0.127 e. The van der Waals surface area contributed by atoms with Crippen LogP contribution in [-0.4, -0.2) is 4.98 Å². The van der Waals surface area contributed by atoms with E-state index in [-0.39, 0.29) is 17.9 Å². The molecule has 1 heterocycles. The van der Waals surface area contributed by atoms with E-state index in [1.807, 2.05) is 24.4 Å². The fraction of sp³-hybridized carbons (Fsp3) is 0.389. The molecule has 2 nitrogen and oxygen atoms in total. The SMILES string of the molecule is CC(C)C(NC1CCc2c(F)cc(Br)cc21)c1ccccn1. The van der Waals surface area contributed by atoms with Gasteiger partial charge in [0, 0.05) is 16.7 Å². The first kappa shape index (κ1) is 15.6. The third-order valence-electron chi connectivity index (χ3n) is 4.31. The van der Waals surface area contributed by atoms with Gasteiger partial charge in [-0.1, -0.05) is 35.8 Å². The smallest absolute Gasteiger partial charge is 0.127 e. The van der Waals surface area contributed by atoms with Crippen molar-refractivity contribution in [3.05, 3.63) is 63.6 Å². The van der Waals surface area contributed by atoms with Crippen LogP contribution in [0.5, 0.6) is 0 Å². The summed E-state index contributed by atoms with van der Waals surface area (Å²) in [4.78, 5) is 4.49. The van der Waals surface area contributed by atoms with Crippen LogP contribution in [0, 0.1) is 11.7 Å². The van der Waals surface area contributed by atoms with Gasteiger partial charge in [0.2, 0.25) is 0 Å². The van der Waals surface area contributed by atoms with Gasteiger partial charge in [-0.2, -0.15) is 0 Å². The Morgan fingerprint density at radius 2 is 2.14 bits per heavy atom. The van der Waals surface area contributed by atoms with Crippen LogP contribution >= 0.6 is 15.9 Å². The fourth-order valence-corrected chi connectivity index (χ4v) is 3.66. The van der Waals surface area contributed by atoms with Crippen molar-refractivity contribution in [2.45, 2.75) is 38.8 Å². The van der Waals surface area contributed by atoms with Crippen LogP contribution in [0.3, 0.4) is 0 Å². The van der Waals surface area contributed by atoms with Gasteiger partial charge in [-0.05, 0) is 54.2 Å². The number of nitrogens with one attached hydrogen (secondary N) is 1. The minimum atomic E-state index is -0.104. The number of hydrogen-bond acceptors (Lipinski definition) is 2. The van der Waals surface area contributed by atoms with Gasteiger partial charge in [0.15, 0.2) is 0 Å². The summed E-state index contributed by atoms with van der Waals surface area (Å²) in [7, 11) is 0. The Morgan fingerprint density at radius 3 is 2.82 bits per heavy atom. The predicted molar refractivity (Wildman–Crippen MR) is 90.1 cm³/mol. The van der Waals surface area contributed by atoms with Crippen LogP contribution in [0.4, 0.5) is 4.39 Å². The molecule has 1 aliphatic carbocycles. The van der Waals surface area contributed by atoms with E-state index >= 15 is 0 Å². The highest BCUT2D eigenvalue weighted by molar-refractivity contribution is 9.10. The molecule has 0 saturated carbocycles. The molecule has 0 radical (unpaired) electrons. The third kappa shape index (κ3) is 3.08. The Hall–Kier alpha value is -1.26. The standard InChI is InChI=1S/C18H20BrFN2/c1-11(2)18(17-5-3-4-8-21-17)22-16-7-6-13-14(16)9-12(19)10-15(13)20/h3-5,8-11,16,18,22H,6-7H2,1-2H3. The molecule has 22 heavy (non-hydrogen) atoms. The van der Waals surface area contributed by atoms with Crippen molar-refractivity contribution in [3.63, 3.8) is 0 Å². The lowest BCUT2D eigenvalue weighted by Crippen LogP contribution is -2.29. The lowest BCUT2D eigenvalue weighted by atomic mass is 9.98. The molecule has 4 heteroatoms. The molecule has 1 aromatic carbocycles. The second-order valence-electron chi connectivity index (χ2n) is 6.19. The highest BCUT2D eigenvalue weighted by Crippen LogP contribution is 2.37. The number of fused-ring (bicyclic) bond motifs is 1. The van der Waals surface area contributed by atoms with E-state index in [4.69, 9.17) is 0 Å². The lowest BCUT2D eigenvalue weighted by Gasteiger charge is -2.26. The molecule has 0 aliphatic heterocycles. The van der Waals surface area contributed by atoms with E-state index in [1.54, 1.807) is 6.07 Å². The molecule has 3 rings (SSSR count). The first-order chi connectivity index (χ1) is 10.6. The molecule has 1 N–H and O–H groups in total. The van der Waals surface area contributed by atoms with Crippen molar-refractivity contribution in [2.24, 2.45) is 5.92 Å². The highest BCUT2D eigenvalue weighted by atomic mass is 79.9. The van der Waals surface area contributed by atoms with Crippen LogP contribution in [0.2, 0.25) is 0 Å². The summed E-state index contributed by atoms with van der Waals surface area (Å²) in [6, 6.07) is 9.93. The molecule has 116 valence electrons.